The number of nitrogens with zero attached hydrogens (tertiary/aromatic N) is 3. The highest BCUT2D eigenvalue weighted by atomic mass is 32.1. The molecule has 1 aromatic carbocycles. The predicted molar refractivity (Wildman–Crippen MR) is 112 cm³/mol. The second-order valence-corrected chi connectivity index (χ2v) is 8.02. The molecule has 0 aliphatic carbocycles. The largest absolute Gasteiger partial charge is 0.360 e. The maximum atomic E-state index is 12.7. The van der Waals surface area contributed by atoms with Crippen LogP contribution in [0.15, 0.2) is 35.4 Å². The van der Waals surface area contributed by atoms with Gasteiger partial charge in [0.2, 0.25) is 5.91 Å². The topological polar surface area (TPSA) is 96.3 Å². The zero-order chi connectivity index (χ0) is 20.5. The van der Waals surface area contributed by atoms with Crippen LogP contribution in [-0.4, -0.2) is 41.0 Å². The molecule has 0 bridgehead atoms. The summed E-state index contributed by atoms with van der Waals surface area (Å²) in [6.07, 6.45) is 1.47. The lowest BCUT2D eigenvalue weighted by atomic mass is 10.1. The first kappa shape index (κ1) is 19.1. The second kappa shape index (κ2) is 7.67. The molecule has 29 heavy (non-hydrogen) atoms. The smallest absolute Gasteiger partial charge is 0.262 e. The Morgan fingerprint density at radius 2 is 2.03 bits per heavy atom. The van der Waals surface area contributed by atoms with Crippen LogP contribution in [0.5, 0.6) is 0 Å². The number of anilines is 1. The summed E-state index contributed by atoms with van der Waals surface area (Å²) in [6.45, 7) is 3.93. The Labute approximate surface area is 171 Å². The fourth-order valence-electron chi connectivity index (χ4n) is 3.37. The molecule has 2 N–H and O–H groups in total. The van der Waals surface area contributed by atoms with Crippen molar-refractivity contribution in [1.82, 2.24) is 20.2 Å². The number of aromatic nitrogens is 2. The number of piperazine rings is 1. The number of amides is 2. The third-order valence-electron chi connectivity index (χ3n) is 5.01. The normalized spacial score (nSPS) is 14.1. The summed E-state index contributed by atoms with van der Waals surface area (Å²) < 4.78 is 1.41. The van der Waals surface area contributed by atoms with Gasteiger partial charge in [-0.1, -0.05) is 12.1 Å². The Balaban J connectivity index is 1.45. The maximum Gasteiger partial charge on any atom is 0.262 e. The summed E-state index contributed by atoms with van der Waals surface area (Å²) in [5.41, 5.74) is 2.45. The Morgan fingerprint density at radius 1 is 1.28 bits per heavy atom. The van der Waals surface area contributed by atoms with Crippen molar-refractivity contribution in [2.45, 2.75) is 13.5 Å². The lowest BCUT2D eigenvalue weighted by molar-refractivity contribution is -0.120. The van der Waals surface area contributed by atoms with Gasteiger partial charge in [0.15, 0.2) is 0 Å². The molecule has 3 heterocycles. The van der Waals surface area contributed by atoms with Crippen LogP contribution in [0.2, 0.25) is 0 Å². The van der Waals surface area contributed by atoms with Crippen LogP contribution in [0.3, 0.4) is 0 Å². The van der Waals surface area contributed by atoms with Crippen molar-refractivity contribution in [3.63, 3.8) is 0 Å². The zero-order valence-electron chi connectivity index (χ0n) is 16.2. The van der Waals surface area contributed by atoms with Crippen molar-refractivity contribution in [2.24, 2.45) is 7.05 Å². The van der Waals surface area contributed by atoms with Crippen LogP contribution in [-0.2, 0) is 18.4 Å². The molecule has 9 heteroatoms. The highest BCUT2D eigenvalue weighted by molar-refractivity contribution is 7.20. The highest BCUT2D eigenvalue weighted by Gasteiger charge is 2.19. The molecule has 1 saturated heterocycles. The maximum absolute atomic E-state index is 12.7. The van der Waals surface area contributed by atoms with Gasteiger partial charge in [0.25, 0.3) is 11.5 Å². The first-order valence-corrected chi connectivity index (χ1v) is 10.1. The van der Waals surface area contributed by atoms with Gasteiger partial charge in [-0.3, -0.25) is 14.4 Å². The van der Waals surface area contributed by atoms with Gasteiger partial charge in [0.05, 0.1) is 23.1 Å². The highest BCUT2D eigenvalue weighted by Crippen LogP contribution is 2.26. The Hall–Kier alpha value is -3.20. The number of thiophene rings is 1. The van der Waals surface area contributed by atoms with Gasteiger partial charge < -0.3 is 20.1 Å². The molecule has 3 aromatic rings. The lowest BCUT2D eigenvalue weighted by Gasteiger charge is -2.28. The number of hydrogen-bond acceptors (Lipinski definition) is 6. The van der Waals surface area contributed by atoms with E-state index >= 15 is 0 Å². The van der Waals surface area contributed by atoms with Gasteiger partial charge in [-0.15, -0.1) is 11.3 Å². The molecule has 4 rings (SSSR count). The van der Waals surface area contributed by atoms with E-state index in [0.29, 0.717) is 40.3 Å². The van der Waals surface area contributed by atoms with Gasteiger partial charge in [0, 0.05) is 32.4 Å². The molecular weight excluding hydrogens is 390 g/mol. The lowest BCUT2D eigenvalue weighted by Crippen LogP contribution is -2.47. The van der Waals surface area contributed by atoms with Crippen molar-refractivity contribution in [3.8, 4) is 0 Å². The summed E-state index contributed by atoms with van der Waals surface area (Å²) in [6, 6.07) is 7.80. The number of hydrogen-bond donors (Lipinski definition) is 2. The summed E-state index contributed by atoms with van der Waals surface area (Å²) in [7, 11) is 1.64. The van der Waals surface area contributed by atoms with Crippen LogP contribution >= 0.6 is 11.3 Å². The van der Waals surface area contributed by atoms with E-state index in [-0.39, 0.29) is 17.4 Å². The minimum absolute atomic E-state index is 0.0237. The molecule has 2 aromatic heterocycles. The fourth-order valence-corrected chi connectivity index (χ4v) is 4.43. The monoisotopic (exact) mass is 411 g/mol. The van der Waals surface area contributed by atoms with Crippen LogP contribution in [0.25, 0.3) is 10.2 Å². The summed E-state index contributed by atoms with van der Waals surface area (Å²) in [5.74, 6) is -0.194. The number of rotatable bonds is 4. The van der Waals surface area contributed by atoms with Crippen LogP contribution in [0.1, 0.15) is 20.8 Å². The van der Waals surface area contributed by atoms with Gasteiger partial charge in [-0.25, -0.2) is 4.98 Å². The van der Waals surface area contributed by atoms with Crippen LogP contribution in [0, 0.1) is 6.92 Å². The van der Waals surface area contributed by atoms with E-state index in [4.69, 9.17) is 0 Å². The third kappa shape index (κ3) is 3.73. The molecule has 0 spiro atoms. The van der Waals surface area contributed by atoms with E-state index in [1.807, 2.05) is 29.2 Å². The van der Waals surface area contributed by atoms with E-state index in [9.17, 15) is 14.4 Å². The first-order chi connectivity index (χ1) is 13.9. The Morgan fingerprint density at radius 3 is 2.76 bits per heavy atom. The third-order valence-corrected chi connectivity index (χ3v) is 6.21. The van der Waals surface area contributed by atoms with Gasteiger partial charge in [-0.05, 0) is 30.2 Å². The van der Waals surface area contributed by atoms with Crippen LogP contribution < -0.4 is 21.1 Å². The van der Waals surface area contributed by atoms with Crippen LogP contribution in [0.4, 0.5) is 5.69 Å². The number of fused-ring (bicyclic) bond motifs is 1. The molecule has 0 unspecified atom stereocenters. The van der Waals surface area contributed by atoms with E-state index in [0.717, 1.165) is 17.8 Å². The number of nitrogens with one attached hydrogen (secondary N) is 2. The van der Waals surface area contributed by atoms with Crippen molar-refractivity contribution in [1.29, 1.82) is 0 Å². The van der Waals surface area contributed by atoms with Crippen molar-refractivity contribution >= 4 is 39.1 Å². The van der Waals surface area contributed by atoms with Crippen molar-refractivity contribution < 1.29 is 9.59 Å². The molecule has 1 aliphatic heterocycles. The summed E-state index contributed by atoms with van der Waals surface area (Å²) in [5, 5.41) is 6.22. The molecule has 0 atom stereocenters. The molecule has 1 aliphatic rings. The number of aryl methyl sites for hydroxylation is 2. The van der Waals surface area contributed by atoms with Gasteiger partial charge in [-0.2, -0.15) is 0 Å². The van der Waals surface area contributed by atoms with E-state index < -0.39 is 0 Å². The SMILES string of the molecule is Cc1c(C(=O)NCc2ccc(N3CCNC(=O)C3)cc2)sc2ncn(C)c(=O)c12. The predicted octanol–water partition coefficient (Wildman–Crippen LogP) is 1.17. The average Bonchev–Trinajstić information content (AvgIpc) is 3.06. The average molecular weight is 411 g/mol. The van der Waals surface area contributed by atoms with Gasteiger partial charge in [0.1, 0.15) is 4.83 Å². The fraction of sp³-hybridized carbons (Fsp3) is 0.300. The summed E-state index contributed by atoms with van der Waals surface area (Å²) >= 11 is 1.23. The minimum Gasteiger partial charge on any atom is -0.360 e. The van der Waals surface area contributed by atoms with Crippen molar-refractivity contribution in [2.75, 3.05) is 24.5 Å². The number of carbonyl (C=O) groups is 2. The second-order valence-electron chi connectivity index (χ2n) is 7.02. The zero-order valence-corrected chi connectivity index (χ0v) is 17.0. The quantitative estimate of drug-likeness (QED) is 0.672. The molecule has 0 saturated carbocycles. The van der Waals surface area contributed by atoms with Crippen molar-refractivity contribution in [3.05, 3.63) is 57.0 Å². The molecule has 2 amide bonds. The Bertz CT molecular complexity index is 1150. The number of benzene rings is 1. The van der Waals surface area contributed by atoms with E-state index in [1.165, 1.54) is 22.2 Å². The Kier molecular flexibility index (Phi) is 5.06. The summed E-state index contributed by atoms with van der Waals surface area (Å²) in [4.78, 5) is 43.9. The first-order valence-electron chi connectivity index (χ1n) is 9.27. The van der Waals surface area contributed by atoms with E-state index in [2.05, 4.69) is 15.6 Å². The molecule has 150 valence electrons. The molecule has 8 nitrogen and oxygen atoms in total. The minimum atomic E-state index is -0.218. The molecular formula is C20H21N5O3S. The molecule has 1 fully saturated rings. The number of carbonyl (C=O) groups excluding carboxylic acids is 2. The molecule has 0 radical (unpaired) electrons. The standard InChI is InChI=1S/C20H21N5O3S/c1-12-16-19(23-11-24(2)20(16)28)29-17(12)18(27)22-9-13-3-5-14(6-4-13)25-8-7-21-15(26)10-25/h3-6,11H,7-10H2,1-2H3,(H,21,26)(H,22,27). The van der Waals surface area contributed by atoms with Gasteiger partial charge >= 0.3 is 0 Å². The van der Waals surface area contributed by atoms with E-state index in [1.54, 1.807) is 14.0 Å².